The van der Waals surface area contributed by atoms with E-state index in [0.29, 0.717) is 13.1 Å². The number of carbonyl (C=O) groups excluding carboxylic acids is 1. The number of amides is 2. The normalized spacial score (nSPS) is 11.9. The molecule has 5 nitrogen and oxygen atoms in total. The third kappa shape index (κ3) is 6.07. The van der Waals surface area contributed by atoms with Gasteiger partial charge in [-0.25, -0.2) is 4.79 Å². The van der Waals surface area contributed by atoms with Crippen LogP contribution in [0.2, 0.25) is 0 Å². The van der Waals surface area contributed by atoms with E-state index in [4.69, 9.17) is 5.11 Å². The minimum atomic E-state index is -0.849. The van der Waals surface area contributed by atoms with E-state index in [0.717, 1.165) is 9.35 Å². The van der Waals surface area contributed by atoms with Crippen LogP contribution in [0.5, 0.6) is 0 Å². The lowest BCUT2D eigenvalue weighted by atomic mass is 10.1. The summed E-state index contributed by atoms with van der Waals surface area (Å²) in [6.45, 7) is 2.69. The molecule has 1 aromatic rings. The number of rotatable bonds is 6. The Morgan fingerprint density at radius 3 is 2.79 bits per heavy atom. The first-order chi connectivity index (χ1) is 8.88. The molecule has 1 unspecified atom stereocenters. The van der Waals surface area contributed by atoms with Crippen LogP contribution in [-0.4, -0.2) is 35.6 Å². The van der Waals surface area contributed by atoms with Crippen LogP contribution in [0.3, 0.4) is 0 Å². The van der Waals surface area contributed by atoms with E-state index in [1.165, 1.54) is 0 Å². The monoisotopic (exact) mass is 348 g/mol. The van der Waals surface area contributed by atoms with Gasteiger partial charge < -0.3 is 15.3 Å². The van der Waals surface area contributed by atoms with Crippen LogP contribution in [0.25, 0.3) is 0 Å². The molecule has 0 aromatic carbocycles. The smallest absolute Gasteiger partial charge is 0.317 e. The summed E-state index contributed by atoms with van der Waals surface area (Å²) in [4.78, 5) is 23.9. The topological polar surface area (TPSA) is 69.6 Å². The van der Waals surface area contributed by atoms with E-state index in [-0.39, 0.29) is 18.4 Å². The molecule has 19 heavy (non-hydrogen) atoms. The molecule has 106 valence electrons. The van der Waals surface area contributed by atoms with Crippen LogP contribution in [-0.2, 0) is 11.3 Å². The second kappa shape index (κ2) is 7.49. The number of hydrogen-bond acceptors (Lipinski definition) is 3. The van der Waals surface area contributed by atoms with Crippen molar-refractivity contribution in [2.24, 2.45) is 5.92 Å². The van der Waals surface area contributed by atoms with Gasteiger partial charge >= 0.3 is 12.0 Å². The SMILES string of the molecule is CC(CNC(=O)N(C)Cc1csc(Br)c1)CC(=O)O. The van der Waals surface area contributed by atoms with Gasteiger partial charge in [0.05, 0.1) is 3.79 Å². The lowest BCUT2D eigenvalue weighted by molar-refractivity contribution is -0.137. The Morgan fingerprint density at radius 1 is 1.58 bits per heavy atom. The van der Waals surface area contributed by atoms with Crippen molar-refractivity contribution in [2.45, 2.75) is 19.9 Å². The van der Waals surface area contributed by atoms with Gasteiger partial charge in [-0.05, 0) is 38.9 Å². The zero-order valence-corrected chi connectivity index (χ0v) is 13.3. The van der Waals surface area contributed by atoms with E-state index in [1.54, 1.807) is 30.2 Å². The standard InChI is InChI=1S/C12H17BrN2O3S/c1-8(3-11(16)17)5-14-12(18)15(2)6-9-4-10(13)19-7-9/h4,7-8H,3,5-6H2,1-2H3,(H,14,18)(H,16,17). The van der Waals surface area contributed by atoms with Gasteiger partial charge in [0.1, 0.15) is 0 Å². The fourth-order valence-corrected chi connectivity index (χ4v) is 2.74. The molecule has 1 aromatic heterocycles. The van der Waals surface area contributed by atoms with Crippen molar-refractivity contribution in [3.05, 3.63) is 20.8 Å². The minimum absolute atomic E-state index is 0.0570. The Morgan fingerprint density at radius 2 is 2.26 bits per heavy atom. The maximum atomic E-state index is 11.8. The van der Waals surface area contributed by atoms with Crippen LogP contribution in [0.1, 0.15) is 18.9 Å². The number of urea groups is 1. The van der Waals surface area contributed by atoms with E-state index < -0.39 is 5.97 Å². The van der Waals surface area contributed by atoms with Crippen LogP contribution < -0.4 is 5.32 Å². The van der Waals surface area contributed by atoms with Gasteiger partial charge in [-0.15, -0.1) is 11.3 Å². The largest absolute Gasteiger partial charge is 0.481 e. The van der Waals surface area contributed by atoms with Gasteiger partial charge in [0.2, 0.25) is 0 Å². The zero-order chi connectivity index (χ0) is 14.4. The fourth-order valence-electron chi connectivity index (χ4n) is 1.54. The van der Waals surface area contributed by atoms with Crippen molar-refractivity contribution in [2.75, 3.05) is 13.6 Å². The first kappa shape index (κ1) is 16.0. The highest BCUT2D eigenvalue weighted by molar-refractivity contribution is 9.11. The third-order valence-electron chi connectivity index (χ3n) is 2.51. The molecule has 0 radical (unpaired) electrons. The first-order valence-corrected chi connectivity index (χ1v) is 7.49. The van der Waals surface area contributed by atoms with Crippen molar-refractivity contribution in [1.29, 1.82) is 0 Å². The molecule has 0 saturated heterocycles. The molecule has 1 atom stereocenters. The lowest BCUT2D eigenvalue weighted by Crippen LogP contribution is -2.39. The summed E-state index contributed by atoms with van der Waals surface area (Å²) in [5, 5.41) is 13.3. The number of carbonyl (C=O) groups is 2. The quantitative estimate of drug-likeness (QED) is 0.830. The number of aliphatic carboxylic acids is 1. The number of thiophene rings is 1. The molecule has 0 aliphatic rings. The van der Waals surface area contributed by atoms with Gasteiger partial charge in [-0.3, -0.25) is 4.79 Å². The van der Waals surface area contributed by atoms with Crippen molar-refractivity contribution in [3.63, 3.8) is 0 Å². The Kier molecular flexibility index (Phi) is 6.30. The molecule has 0 aliphatic carbocycles. The van der Waals surface area contributed by atoms with Gasteiger partial charge in [-0.2, -0.15) is 0 Å². The van der Waals surface area contributed by atoms with E-state index >= 15 is 0 Å². The molecule has 2 N–H and O–H groups in total. The van der Waals surface area contributed by atoms with Crippen LogP contribution in [0, 0.1) is 5.92 Å². The van der Waals surface area contributed by atoms with E-state index in [2.05, 4.69) is 21.2 Å². The highest BCUT2D eigenvalue weighted by Crippen LogP contribution is 2.21. The van der Waals surface area contributed by atoms with E-state index in [9.17, 15) is 9.59 Å². The average molecular weight is 349 g/mol. The number of nitrogens with zero attached hydrogens (tertiary/aromatic N) is 1. The van der Waals surface area contributed by atoms with Crippen molar-refractivity contribution >= 4 is 39.3 Å². The zero-order valence-electron chi connectivity index (χ0n) is 10.9. The molecule has 1 heterocycles. The minimum Gasteiger partial charge on any atom is -0.481 e. The molecule has 2 amide bonds. The molecule has 0 saturated carbocycles. The lowest BCUT2D eigenvalue weighted by Gasteiger charge is -2.18. The molecular weight excluding hydrogens is 332 g/mol. The molecular formula is C12H17BrN2O3S. The summed E-state index contributed by atoms with van der Waals surface area (Å²) < 4.78 is 1.03. The molecule has 0 fully saturated rings. The van der Waals surface area contributed by atoms with Gasteiger partial charge in [0.15, 0.2) is 0 Å². The summed E-state index contributed by atoms with van der Waals surface area (Å²) in [6.07, 6.45) is 0.0570. The second-order valence-electron chi connectivity index (χ2n) is 4.50. The summed E-state index contributed by atoms with van der Waals surface area (Å²) in [5.74, 6) is -0.927. The van der Waals surface area contributed by atoms with Crippen LogP contribution >= 0.6 is 27.3 Å². The molecule has 1 rings (SSSR count). The van der Waals surface area contributed by atoms with Crippen LogP contribution in [0.4, 0.5) is 4.79 Å². The van der Waals surface area contributed by atoms with Crippen molar-refractivity contribution in [3.8, 4) is 0 Å². The maximum Gasteiger partial charge on any atom is 0.317 e. The number of nitrogens with one attached hydrogen (secondary N) is 1. The summed E-state index contributed by atoms with van der Waals surface area (Å²) in [5.41, 5.74) is 1.06. The number of carboxylic acids is 1. The average Bonchev–Trinajstić information content (AvgIpc) is 2.70. The Labute approximate surface area is 124 Å². The van der Waals surface area contributed by atoms with E-state index in [1.807, 2.05) is 11.4 Å². The van der Waals surface area contributed by atoms with Crippen molar-refractivity contribution in [1.82, 2.24) is 10.2 Å². The highest BCUT2D eigenvalue weighted by Gasteiger charge is 2.12. The third-order valence-corrected chi connectivity index (χ3v) is 4.07. The number of hydrogen-bond donors (Lipinski definition) is 2. The fraction of sp³-hybridized carbons (Fsp3) is 0.500. The summed E-state index contributed by atoms with van der Waals surface area (Å²) in [6, 6.07) is 1.78. The first-order valence-electron chi connectivity index (χ1n) is 5.82. The van der Waals surface area contributed by atoms with Gasteiger partial charge in [-0.1, -0.05) is 6.92 Å². The van der Waals surface area contributed by atoms with Crippen LogP contribution in [0.15, 0.2) is 15.2 Å². The summed E-state index contributed by atoms with van der Waals surface area (Å²) in [7, 11) is 1.71. The molecule has 0 bridgehead atoms. The maximum absolute atomic E-state index is 11.8. The number of halogens is 1. The Bertz CT molecular complexity index is 450. The van der Waals surface area contributed by atoms with Gasteiger partial charge in [0, 0.05) is 26.6 Å². The predicted molar refractivity (Wildman–Crippen MR) is 78.3 cm³/mol. The predicted octanol–water partition coefficient (Wildman–Crippen LogP) is 2.76. The summed E-state index contributed by atoms with van der Waals surface area (Å²) >= 11 is 4.95. The highest BCUT2D eigenvalue weighted by atomic mass is 79.9. The van der Waals surface area contributed by atoms with Crippen molar-refractivity contribution < 1.29 is 14.7 Å². The number of carboxylic acid groups (broad SMARTS) is 1. The second-order valence-corrected chi connectivity index (χ2v) is 6.79. The molecule has 7 heteroatoms. The molecule has 0 aliphatic heterocycles. The van der Waals surface area contributed by atoms with Gasteiger partial charge in [0.25, 0.3) is 0 Å². The Balaban J connectivity index is 2.34. The Hall–Kier alpha value is -1.08. The molecule has 0 spiro atoms.